The average molecular weight is 711 g/mol. The zero-order chi connectivity index (χ0) is 33.7. The smallest absolute Gasteiger partial charge is 0.0362 e. The van der Waals surface area contributed by atoms with Crippen molar-refractivity contribution in [3.05, 3.63) is 157 Å². The SMILES string of the molecule is c1ccc2c(c1)Cc1cc3c(cc1-2)-c1cc2c(cc1-c1cc4sc5ccccc5c4cc1-c1cc4c(cc1-3)sc1ccccc14)sc1ccccc12. The highest BCUT2D eigenvalue weighted by molar-refractivity contribution is 7.26. The Labute approximate surface area is 311 Å². The quantitative estimate of drug-likeness (QED) is 0.147. The van der Waals surface area contributed by atoms with E-state index in [1.165, 1.54) is 127 Å². The Kier molecular flexibility index (Phi) is 5.42. The normalized spacial score (nSPS) is 12.9. The molecule has 2 aliphatic rings. The van der Waals surface area contributed by atoms with Gasteiger partial charge in [0.05, 0.1) is 0 Å². The molecule has 11 aromatic rings. The van der Waals surface area contributed by atoms with Gasteiger partial charge in [-0.15, -0.1) is 34.0 Å². The van der Waals surface area contributed by atoms with Crippen LogP contribution in [0.4, 0.5) is 0 Å². The van der Waals surface area contributed by atoms with Gasteiger partial charge in [0.25, 0.3) is 0 Å². The Morgan fingerprint density at radius 2 is 0.635 bits per heavy atom. The van der Waals surface area contributed by atoms with Crippen LogP contribution in [0, 0.1) is 0 Å². The summed E-state index contributed by atoms with van der Waals surface area (Å²) < 4.78 is 8.06. The summed E-state index contributed by atoms with van der Waals surface area (Å²) in [7, 11) is 0. The van der Waals surface area contributed by atoms with E-state index in [1.54, 1.807) is 0 Å². The van der Waals surface area contributed by atoms with E-state index < -0.39 is 0 Å². The molecule has 0 saturated carbocycles. The molecule has 8 aromatic carbocycles. The van der Waals surface area contributed by atoms with Crippen LogP contribution in [-0.4, -0.2) is 0 Å². The minimum atomic E-state index is 0.971. The van der Waals surface area contributed by atoms with Crippen molar-refractivity contribution in [1.82, 2.24) is 0 Å². The van der Waals surface area contributed by atoms with E-state index in [0.29, 0.717) is 0 Å². The molecule has 13 rings (SSSR count). The maximum Gasteiger partial charge on any atom is 0.0362 e. The summed E-state index contributed by atoms with van der Waals surface area (Å²) in [5, 5.41) is 8.05. The van der Waals surface area contributed by atoms with Gasteiger partial charge in [0.15, 0.2) is 0 Å². The first-order valence-electron chi connectivity index (χ1n) is 17.9. The molecule has 0 radical (unpaired) electrons. The second kappa shape index (κ2) is 10.1. The first kappa shape index (κ1) is 28.1. The lowest BCUT2D eigenvalue weighted by atomic mass is 9.78. The van der Waals surface area contributed by atoms with Gasteiger partial charge in [-0.2, -0.15) is 0 Å². The molecule has 0 atom stereocenters. The van der Waals surface area contributed by atoms with Gasteiger partial charge in [-0.3, -0.25) is 0 Å². The minimum Gasteiger partial charge on any atom is -0.135 e. The van der Waals surface area contributed by atoms with Crippen LogP contribution in [0.15, 0.2) is 146 Å². The third-order valence-electron chi connectivity index (χ3n) is 11.6. The van der Waals surface area contributed by atoms with Gasteiger partial charge in [0, 0.05) is 60.5 Å². The van der Waals surface area contributed by atoms with Gasteiger partial charge < -0.3 is 0 Å². The lowest BCUT2D eigenvalue weighted by Crippen LogP contribution is -1.99. The van der Waals surface area contributed by atoms with E-state index in [0.717, 1.165) is 6.42 Å². The van der Waals surface area contributed by atoms with E-state index in [2.05, 4.69) is 146 Å². The van der Waals surface area contributed by atoms with Crippen LogP contribution in [0.25, 0.3) is 116 Å². The second-order valence-electron chi connectivity index (χ2n) is 14.4. The third-order valence-corrected chi connectivity index (χ3v) is 15.0. The molecule has 0 fully saturated rings. The molecule has 240 valence electrons. The van der Waals surface area contributed by atoms with Crippen molar-refractivity contribution < 1.29 is 0 Å². The van der Waals surface area contributed by atoms with E-state index in [4.69, 9.17) is 0 Å². The van der Waals surface area contributed by atoms with Gasteiger partial charge in [0.2, 0.25) is 0 Å². The maximum atomic E-state index is 2.55. The number of rotatable bonds is 0. The van der Waals surface area contributed by atoms with Crippen LogP contribution < -0.4 is 0 Å². The summed E-state index contributed by atoms with van der Waals surface area (Å²) in [4.78, 5) is 0. The van der Waals surface area contributed by atoms with Crippen molar-refractivity contribution in [1.29, 1.82) is 0 Å². The van der Waals surface area contributed by atoms with Gasteiger partial charge >= 0.3 is 0 Å². The van der Waals surface area contributed by atoms with Gasteiger partial charge in [0.1, 0.15) is 0 Å². The molecule has 0 nitrogen and oxygen atoms in total. The molecule has 52 heavy (non-hydrogen) atoms. The summed E-state index contributed by atoms with van der Waals surface area (Å²) in [5.74, 6) is 0. The standard InChI is InChI=1S/C49H26S3/c1-2-10-28-26(9-1)17-27-18-33-34(19-32(27)28)35-20-41-29-11-3-7-15-45(29)51-48(41)24-39(35)40-25-49-43(31-13-5-8-16-46(31)52-49)22-37(40)36-21-42-30-12-4-6-14-44(30)50-47(42)23-38(33)36/h1-16,18-25H,17H2. The molecule has 0 N–H and O–H groups in total. The predicted molar refractivity (Wildman–Crippen MR) is 229 cm³/mol. The van der Waals surface area contributed by atoms with E-state index in [1.807, 2.05) is 34.0 Å². The van der Waals surface area contributed by atoms with Crippen LogP contribution in [-0.2, 0) is 6.42 Å². The van der Waals surface area contributed by atoms with Gasteiger partial charge in [-0.1, -0.05) is 78.9 Å². The Morgan fingerprint density at radius 1 is 0.250 bits per heavy atom. The predicted octanol–water partition coefficient (Wildman–Crippen LogP) is 15.3. The summed E-state index contributed by atoms with van der Waals surface area (Å²) in [5.41, 5.74) is 16.2. The first-order chi connectivity index (χ1) is 25.7. The van der Waals surface area contributed by atoms with Crippen molar-refractivity contribution in [2.24, 2.45) is 0 Å². The fraction of sp³-hybridized carbons (Fsp3) is 0.0204. The Hall–Kier alpha value is -5.58. The van der Waals surface area contributed by atoms with Crippen molar-refractivity contribution in [2.45, 2.75) is 6.42 Å². The van der Waals surface area contributed by atoms with Gasteiger partial charge in [-0.05, 0) is 140 Å². The topological polar surface area (TPSA) is 0 Å². The molecule has 0 aliphatic heterocycles. The van der Waals surface area contributed by atoms with Crippen LogP contribution >= 0.6 is 34.0 Å². The molecule has 0 amide bonds. The number of hydrogen-bond donors (Lipinski definition) is 0. The van der Waals surface area contributed by atoms with Crippen LogP contribution in [0.1, 0.15) is 11.1 Å². The number of thiophene rings is 3. The fourth-order valence-corrected chi connectivity index (χ4v) is 12.7. The Morgan fingerprint density at radius 3 is 1.13 bits per heavy atom. The minimum absolute atomic E-state index is 0.971. The summed E-state index contributed by atoms with van der Waals surface area (Å²) in [6.07, 6.45) is 0.971. The monoisotopic (exact) mass is 710 g/mol. The van der Waals surface area contributed by atoms with E-state index in [9.17, 15) is 0 Å². The zero-order valence-electron chi connectivity index (χ0n) is 27.8. The van der Waals surface area contributed by atoms with Crippen LogP contribution in [0.5, 0.6) is 0 Å². The molecule has 3 heterocycles. The number of fused-ring (bicyclic) bond motifs is 20. The fourth-order valence-electron chi connectivity index (χ4n) is 9.28. The molecule has 0 bridgehead atoms. The van der Waals surface area contributed by atoms with E-state index >= 15 is 0 Å². The Balaban J connectivity index is 1.25. The highest BCUT2D eigenvalue weighted by Gasteiger charge is 2.29. The number of hydrogen-bond acceptors (Lipinski definition) is 3. The second-order valence-corrected chi connectivity index (χ2v) is 17.6. The highest BCUT2D eigenvalue weighted by Crippen LogP contribution is 2.55. The third kappa shape index (κ3) is 3.70. The van der Waals surface area contributed by atoms with Crippen molar-refractivity contribution >= 4 is 94.5 Å². The Bertz CT molecular complexity index is 3380. The summed E-state index contributed by atoms with van der Waals surface area (Å²) >= 11 is 5.75. The summed E-state index contributed by atoms with van der Waals surface area (Å²) in [6, 6.07) is 56.0. The van der Waals surface area contributed by atoms with E-state index in [-0.39, 0.29) is 0 Å². The van der Waals surface area contributed by atoms with Crippen LogP contribution in [0.2, 0.25) is 0 Å². The molecular formula is C49H26S3. The average Bonchev–Trinajstić information content (AvgIpc) is 3.94. The summed E-state index contributed by atoms with van der Waals surface area (Å²) in [6.45, 7) is 0. The van der Waals surface area contributed by atoms with Gasteiger partial charge in [-0.25, -0.2) is 0 Å². The van der Waals surface area contributed by atoms with Crippen LogP contribution in [0.3, 0.4) is 0 Å². The molecule has 3 heteroatoms. The molecular weight excluding hydrogens is 685 g/mol. The molecule has 3 aromatic heterocycles. The molecule has 0 saturated heterocycles. The van der Waals surface area contributed by atoms with Crippen molar-refractivity contribution in [3.63, 3.8) is 0 Å². The van der Waals surface area contributed by atoms with Crippen molar-refractivity contribution in [2.75, 3.05) is 0 Å². The molecule has 2 aliphatic carbocycles. The lowest BCUT2D eigenvalue weighted by Gasteiger charge is -2.25. The molecule has 0 spiro atoms. The first-order valence-corrected chi connectivity index (χ1v) is 20.3. The highest BCUT2D eigenvalue weighted by atomic mass is 32.1. The lowest BCUT2D eigenvalue weighted by molar-refractivity contribution is 1.26. The zero-order valence-corrected chi connectivity index (χ0v) is 30.2. The van der Waals surface area contributed by atoms with Crippen molar-refractivity contribution in [3.8, 4) is 55.6 Å². The maximum absolute atomic E-state index is 2.55. The largest absolute Gasteiger partial charge is 0.135 e. The molecule has 0 unspecified atom stereocenters. The number of benzene rings is 8.